The third kappa shape index (κ3) is 3.00. The quantitative estimate of drug-likeness (QED) is 0.889. The predicted molar refractivity (Wildman–Crippen MR) is 74.6 cm³/mol. The van der Waals surface area contributed by atoms with E-state index in [1.807, 2.05) is 12.3 Å². The molecule has 2 aromatic rings. The second-order valence-electron chi connectivity index (χ2n) is 4.73. The fourth-order valence-corrected chi connectivity index (χ4v) is 2.24. The first-order chi connectivity index (χ1) is 8.60. The molecule has 1 atom stereocenters. The van der Waals surface area contributed by atoms with Crippen LogP contribution in [0, 0.1) is 5.92 Å². The fraction of sp³-hybridized carbons (Fsp3) is 0.500. The van der Waals surface area contributed by atoms with Gasteiger partial charge in [-0.15, -0.1) is 0 Å². The summed E-state index contributed by atoms with van der Waals surface area (Å²) in [6, 6.07) is 1.89. The van der Waals surface area contributed by atoms with Crippen LogP contribution < -0.4 is 5.32 Å². The van der Waals surface area contributed by atoms with Crippen molar-refractivity contribution in [1.82, 2.24) is 14.6 Å². The van der Waals surface area contributed by atoms with Crippen LogP contribution in [0.2, 0.25) is 0 Å². The van der Waals surface area contributed by atoms with Crippen molar-refractivity contribution in [2.45, 2.75) is 26.3 Å². The number of hydrogen-bond acceptors (Lipinski definition) is 4. The van der Waals surface area contributed by atoms with Gasteiger partial charge >= 0.3 is 0 Å². The van der Waals surface area contributed by atoms with Crippen molar-refractivity contribution in [3.05, 3.63) is 22.9 Å². The van der Waals surface area contributed by atoms with Crippen molar-refractivity contribution in [1.29, 1.82) is 0 Å². The minimum Gasteiger partial charge on any atom is -0.394 e. The van der Waals surface area contributed by atoms with Gasteiger partial charge in [-0.05, 0) is 34.3 Å². The first-order valence-electron chi connectivity index (χ1n) is 5.97. The van der Waals surface area contributed by atoms with Gasteiger partial charge in [-0.25, -0.2) is 9.50 Å². The Morgan fingerprint density at radius 3 is 2.94 bits per heavy atom. The molecule has 0 saturated heterocycles. The number of aliphatic hydroxyl groups is 1. The fourth-order valence-electron chi connectivity index (χ4n) is 1.88. The van der Waals surface area contributed by atoms with Crippen molar-refractivity contribution in [2.24, 2.45) is 5.92 Å². The van der Waals surface area contributed by atoms with E-state index in [-0.39, 0.29) is 12.6 Å². The molecule has 0 spiro atoms. The maximum atomic E-state index is 9.35. The summed E-state index contributed by atoms with van der Waals surface area (Å²) in [7, 11) is 0. The smallest absolute Gasteiger partial charge is 0.171 e. The van der Waals surface area contributed by atoms with Gasteiger partial charge < -0.3 is 10.4 Å². The molecular formula is C12H17BrN4O. The van der Waals surface area contributed by atoms with Crippen molar-refractivity contribution in [3.63, 3.8) is 0 Å². The van der Waals surface area contributed by atoms with Gasteiger partial charge in [0, 0.05) is 6.20 Å². The van der Waals surface area contributed by atoms with Crippen LogP contribution >= 0.6 is 15.9 Å². The molecule has 0 aliphatic carbocycles. The van der Waals surface area contributed by atoms with Gasteiger partial charge in [0.2, 0.25) is 0 Å². The number of nitrogens with one attached hydrogen (secondary N) is 1. The summed E-state index contributed by atoms with van der Waals surface area (Å²) in [6.45, 7) is 4.37. The summed E-state index contributed by atoms with van der Waals surface area (Å²) < 4.78 is 2.56. The Balaban J connectivity index is 2.17. The van der Waals surface area contributed by atoms with Gasteiger partial charge in [-0.2, -0.15) is 5.10 Å². The van der Waals surface area contributed by atoms with Gasteiger partial charge in [-0.1, -0.05) is 13.8 Å². The Labute approximate surface area is 114 Å². The number of aliphatic hydroxyl groups excluding tert-OH is 1. The van der Waals surface area contributed by atoms with E-state index in [1.165, 1.54) is 0 Å². The van der Waals surface area contributed by atoms with E-state index < -0.39 is 0 Å². The van der Waals surface area contributed by atoms with Gasteiger partial charge in [0.1, 0.15) is 5.82 Å². The van der Waals surface area contributed by atoms with Crippen molar-refractivity contribution in [3.8, 4) is 0 Å². The molecule has 5 nitrogen and oxygen atoms in total. The summed E-state index contributed by atoms with van der Waals surface area (Å²) >= 11 is 3.40. The molecule has 18 heavy (non-hydrogen) atoms. The lowest BCUT2D eigenvalue weighted by molar-refractivity contribution is 0.259. The molecule has 2 heterocycles. The van der Waals surface area contributed by atoms with Gasteiger partial charge in [0.05, 0.1) is 23.3 Å². The van der Waals surface area contributed by atoms with Crippen LogP contribution in [0.15, 0.2) is 22.9 Å². The third-order valence-electron chi connectivity index (χ3n) is 2.65. The zero-order chi connectivity index (χ0) is 13.1. The summed E-state index contributed by atoms with van der Waals surface area (Å²) in [5.74, 6) is 1.28. The number of halogens is 1. The predicted octanol–water partition coefficient (Wildman–Crippen LogP) is 2.31. The first kappa shape index (κ1) is 13.3. The van der Waals surface area contributed by atoms with Gasteiger partial charge in [0.25, 0.3) is 0 Å². The Bertz CT molecular complexity index is 526. The van der Waals surface area contributed by atoms with E-state index in [2.05, 4.69) is 45.2 Å². The summed E-state index contributed by atoms with van der Waals surface area (Å²) in [5, 5.41) is 16.7. The molecule has 2 N–H and O–H groups in total. The topological polar surface area (TPSA) is 62.5 Å². The monoisotopic (exact) mass is 312 g/mol. The normalized spacial score (nSPS) is 13.2. The second-order valence-corrected chi connectivity index (χ2v) is 5.58. The van der Waals surface area contributed by atoms with E-state index in [9.17, 15) is 5.11 Å². The van der Waals surface area contributed by atoms with Crippen LogP contribution in [0.1, 0.15) is 20.3 Å². The molecule has 2 rings (SSSR count). The number of fused-ring (bicyclic) bond motifs is 1. The molecule has 0 radical (unpaired) electrons. The zero-order valence-corrected chi connectivity index (χ0v) is 12.1. The molecule has 0 unspecified atom stereocenters. The van der Waals surface area contributed by atoms with Crippen molar-refractivity contribution < 1.29 is 5.11 Å². The summed E-state index contributed by atoms with van der Waals surface area (Å²) in [5.41, 5.74) is 0.765. The van der Waals surface area contributed by atoms with Gasteiger partial charge in [-0.3, -0.25) is 0 Å². The average Bonchev–Trinajstić information content (AvgIpc) is 2.70. The minimum absolute atomic E-state index is 0.0293. The number of aromatic nitrogens is 3. The average molecular weight is 313 g/mol. The van der Waals surface area contributed by atoms with E-state index in [1.54, 1.807) is 10.7 Å². The van der Waals surface area contributed by atoms with Crippen LogP contribution in [0.4, 0.5) is 5.82 Å². The number of anilines is 1. The molecule has 0 saturated carbocycles. The minimum atomic E-state index is 0.0293. The molecule has 6 heteroatoms. The molecule has 0 aromatic carbocycles. The van der Waals surface area contributed by atoms with Crippen LogP contribution in [0.5, 0.6) is 0 Å². The van der Waals surface area contributed by atoms with Crippen LogP contribution in [-0.2, 0) is 0 Å². The highest BCUT2D eigenvalue weighted by atomic mass is 79.9. The molecule has 0 aliphatic heterocycles. The highest BCUT2D eigenvalue weighted by molar-refractivity contribution is 9.10. The Hall–Kier alpha value is -1.14. The maximum absolute atomic E-state index is 9.35. The lowest BCUT2D eigenvalue weighted by atomic mass is 10.0. The lowest BCUT2D eigenvalue weighted by Gasteiger charge is -2.18. The Kier molecular flexibility index (Phi) is 4.19. The molecule has 2 aromatic heterocycles. The van der Waals surface area contributed by atoms with Crippen LogP contribution in [-0.4, -0.2) is 32.4 Å². The van der Waals surface area contributed by atoms with Crippen LogP contribution in [0.25, 0.3) is 5.65 Å². The third-order valence-corrected chi connectivity index (χ3v) is 3.21. The summed E-state index contributed by atoms with van der Waals surface area (Å²) in [6.07, 6.45) is 4.47. The van der Waals surface area contributed by atoms with Crippen molar-refractivity contribution >= 4 is 27.4 Å². The molecule has 0 bridgehead atoms. The number of hydrogen-bond donors (Lipinski definition) is 2. The molecule has 98 valence electrons. The van der Waals surface area contributed by atoms with E-state index in [4.69, 9.17) is 0 Å². The molecule has 0 aliphatic rings. The Morgan fingerprint density at radius 1 is 1.50 bits per heavy atom. The largest absolute Gasteiger partial charge is 0.394 e. The van der Waals surface area contributed by atoms with E-state index in [0.717, 1.165) is 22.4 Å². The lowest BCUT2D eigenvalue weighted by Crippen LogP contribution is -2.26. The second kappa shape index (κ2) is 5.67. The highest BCUT2D eigenvalue weighted by Crippen LogP contribution is 2.18. The number of nitrogens with zero attached hydrogens (tertiary/aromatic N) is 3. The van der Waals surface area contributed by atoms with Gasteiger partial charge in [0.15, 0.2) is 5.65 Å². The zero-order valence-electron chi connectivity index (χ0n) is 10.5. The maximum Gasteiger partial charge on any atom is 0.171 e. The molecule has 0 fully saturated rings. The Morgan fingerprint density at radius 2 is 2.28 bits per heavy atom. The molecule has 0 amide bonds. The van der Waals surface area contributed by atoms with E-state index >= 15 is 0 Å². The SMILES string of the molecule is CC(C)C[C@H](CO)Nc1ccn2ncc(Br)c2n1. The molecular weight excluding hydrogens is 296 g/mol. The summed E-state index contributed by atoms with van der Waals surface area (Å²) in [4.78, 5) is 4.46. The standard InChI is InChI=1S/C12H17BrN4O/c1-8(2)5-9(7-18)15-11-3-4-17-12(16-11)10(13)6-14-17/h3-4,6,8-9,18H,5,7H2,1-2H3,(H,15,16)/t9-/m1/s1. The highest BCUT2D eigenvalue weighted by Gasteiger charge is 2.11. The number of rotatable bonds is 5. The van der Waals surface area contributed by atoms with Crippen LogP contribution in [0.3, 0.4) is 0 Å². The first-order valence-corrected chi connectivity index (χ1v) is 6.76. The van der Waals surface area contributed by atoms with E-state index in [0.29, 0.717) is 5.92 Å². The van der Waals surface area contributed by atoms with Crippen molar-refractivity contribution in [2.75, 3.05) is 11.9 Å².